The van der Waals surface area contributed by atoms with Crippen LogP contribution < -0.4 is 5.32 Å². The van der Waals surface area contributed by atoms with Gasteiger partial charge in [-0.05, 0) is 17.7 Å². The molecular weight excluding hydrogens is 302 g/mol. The second kappa shape index (κ2) is 7.53. The molecular formula is C13H20ClNO2S2. The van der Waals surface area contributed by atoms with Crippen molar-refractivity contribution in [3.05, 3.63) is 28.8 Å². The molecule has 0 saturated heterocycles. The summed E-state index contributed by atoms with van der Waals surface area (Å²) < 4.78 is 22.1. The molecule has 19 heavy (non-hydrogen) atoms. The van der Waals surface area contributed by atoms with E-state index in [0.717, 1.165) is 17.0 Å². The molecule has 108 valence electrons. The highest BCUT2D eigenvalue weighted by atomic mass is 35.5. The predicted molar refractivity (Wildman–Crippen MR) is 83.9 cm³/mol. The number of halogens is 1. The molecule has 0 saturated carbocycles. The van der Waals surface area contributed by atoms with Crippen LogP contribution >= 0.6 is 23.4 Å². The van der Waals surface area contributed by atoms with Gasteiger partial charge in [0.25, 0.3) is 0 Å². The molecule has 1 aromatic carbocycles. The monoisotopic (exact) mass is 321 g/mol. The predicted octanol–water partition coefficient (Wildman–Crippen LogP) is 2.97. The van der Waals surface area contributed by atoms with Crippen LogP contribution in [0, 0.1) is 0 Å². The quantitative estimate of drug-likeness (QED) is 0.784. The maximum absolute atomic E-state index is 11.1. The SMILES string of the molecule is CC(C)NCc1ccc(SCCS(C)(=O)=O)c(Cl)c1. The Kier molecular flexibility index (Phi) is 6.66. The van der Waals surface area contributed by atoms with Gasteiger partial charge in [-0.3, -0.25) is 0 Å². The van der Waals surface area contributed by atoms with Crippen LogP contribution in [-0.4, -0.2) is 32.2 Å². The standard InChI is InChI=1S/C13H20ClNO2S2/c1-10(2)15-9-11-4-5-13(12(14)8-11)18-6-7-19(3,16)17/h4-5,8,10,15H,6-7,9H2,1-3H3. The van der Waals surface area contributed by atoms with E-state index in [1.807, 2.05) is 18.2 Å². The lowest BCUT2D eigenvalue weighted by Gasteiger charge is -2.10. The van der Waals surface area contributed by atoms with E-state index in [9.17, 15) is 8.42 Å². The maximum atomic E-state index is 11.1. The minimum Gasteiger partial charge on any atom is -0.310 e. The Balaban J connectivity index is 2.57. The summed E-state index contributed by atoms with van der Waals surface area (Å²) in [6.45, 7) is 4.97. The molecule has 6 heteroatoms. The first-order valence-corrected chi connectivity index (χ1v) is 9.52. The Morgan fingerprint density at radius 3 is 2.58 bits per heavy atom. The topological polar surface area (TPSA) is 46.2 Å². The van der Waals surface area contributed by atoms with Gasteiger partial charge in [-0.25, -0.2) is 8.42 Å². The third-order valence-corrected chi connectivity index (χ3v) is 5.13. The Hall–Kier alpha value is -0.230. The summed E-state index contributed by atoms with van der Waals surface area (Å²) >= 11 is 7.67. The number of nitrogens with one attached hydrogen (secondary N) is 1. The summed E-state index contributed by atoms with van der Waals surface area (Å²) in [5.74, 6) is 0.701. The van der Waals surface area contributed by atoms with Gasteiger partial charge >= 0.3 is 0 Å². The second-order valence-corrected chi connectivity index (χ2v) is 8.58. The molecule has 3 nitrogen and oxygen atoms in total. The molecule has 0 aliphatic heterocycles. The number of sulfone groups is 1. The smallest absolute Gasteiger partial charge is 0.148 e. The van der Waals surface area contributed by atoms with E-state index >= 15 is 0 Å². The Labute approximate surface area is 125 Å². The molecule has 1 N–H and O–H groups in total. The number of thioether (sulfide) groups is 1. The van der Waals surface area contributed by atoms with Crippen LogP contribution in [0.1, 0.15) is 19.4 Å². The highest BCUT2D eigenvalue weighted by Crippen LogP contribution is 2.28. The average Bonchev–Trinajstić information content (AvgIpc) is 2.27. The number of hydrogen-bond acceptors (Lipinski definition) is 4. The van der Waals surface area contributed by atoms with Crippen molar-refractivity contribution in [2.75, 3.05) is 17.8 Å². The zero-order valence-electron chi connectivity index (χ0n) is 11.4. The van der Waals surface area contributed by atoms with Crippen LogP contribution in [0.15, 0.2) is 23.1 Å². The lowest BCUT2D eigenvalue weighted by atomic mass is 10.2. The summed E-state index contributed by atoms with van der Waals surface area (Å²) in [5, 5.41) is 4.01. The molecule has 0 aliphatic rings. The molecule has 0 spiro atoms. The molecule has 0 aromatic heterocycles. The molecule has 0 amide bonds. The molecule has 0 heterocycles. The van der Waals surface area contributed by atoms with Crippen LogP contribution in [-0.2, 0) is 16.4 Å². The van der Waals surface area contributed by atoms with Gasteiger partial charge in [-0.1, -0.05) is 31.5 Å². The van der Waals surface area contributed by atoms with E-state index in [1.165, 1.54) is 18.0 Å². The van der Waals surface area contributed by atoms with E-state index in [-0.39, 0.29) is 5.75 Å². The zero-order chi connectivity index (χ0) is 14.5. The molecule has 0 unspecified atom stereocenters. The molecule has 0 atom stereocenters. The minimum atomic E-state index is -2.91. The van der Waals surface area contributed by atoms with Crippen molar-refractivity contribution < 1.29 is 8.42 Å². The van der Waals surface area contributed by atoms with Gasteiger partial charge < -0.3 is 5.32 Å². The molecule has 0 aliphatic carbocycles. The fourth-order valence-corrected chi connectivity index (χ4v) is 3.89. The molecule has 0 fully saturated rings. The third-order valence-electron chi connectivity index (χ3n) is 2.42. The first kappa shape index (κ1) is 16.8. The van der Waals surface area contributed by atoms with Crippen molar-refractivity contribution in [2.24, 2.45) is 0 Å². The van der Waals surface area contributed by atoms with E-state index in [1.54, 1.807) is 0 Å². The van der Waals surface area contributed by atoms with Crippen molar-refractivity contribution in [2.45, 2.75) is 31.3 Å². The van der Waals surface area contributed by atoms with Crippen molar-refractivity contribution in [1.82, 2.24) is 5.32 Å². The van der Waals surface area contributed by atoms with Crippen LogP contribution in [0.4, 0.5) is 0 Å². The van der Waals surface area contributed by atoms with E-state index in [2.05, 4.69) is 19.2 Å². The lowest BCUT2D eigenvalue weighted by molar-refractivity contribution is 0.588. The van der Waals surface area contributed by atoms with Gasteiger partial charge in [-0.15, -0.1) is 11.8 Å². The maximum Gasteiger partial charge on any atom is 0.148 e. The van der Waals surface area contributed by atoms with Crippen LogP contribution in [0.5, 0.6) is 0 Å². The Morgan fingerprint density at radius 2 is 2.05 bits per heavy atom. The van der Waals surface area contributed by atoms with Crippen molar-refractivity contribution in [1.29, 1.82) is 0 Å². The summed E-state index contributed by atoms with van der Waals surface area (Å²) in [4.78, 5) is 0.929. The molecule has 0 radical (unpaired) electrons. The van der Waals surface area contributed by atoms with E-state index in [4.69, 9.17) is 11.6 Å². The van der Waals surface area contributed by atoms with Gasteiger partial charge in [0.2, 0.25) is 0 Å². The van der Waals surface area contributed by atoms with Gasteiger partial charge in [0.05, 0.1) is 10.8 Å². The lowest BCUT2D eigenvalue weighted by Crippen LogP contribution is -2.21. The highest BCUT2D eigenvalue weighted by molar-refractivity contribution is 8.00. The average molecular weight is 322 g/mol. The Morgan fingerprint density at radius 1 is 1.37 bits per heavy atom. The van der Waals surface area contributed by atoms with Gasteiger partial charge in [0.15, 0.2) is 0 Å². The van der Waals surface area contributed by atoms with Crippen molar-refractivity contribution in [3.63, 3.8) is 0 Å². The normalized spacial score (nSPS) is 12.1. The summed E-state index contributed by atoms with van der Waals surface area (Å²) in [6, 6.07) is 6.33. The molecule has 1 rings (SSSR count). The number of benzene rings is 1. The largest absolute Gasteiger partial charge is 0.310 e. The Bertz CT molecular complexity index is 515. The van der Waals surface area contributed by atoms with Crippen LogP contribution in [0.25, 0.3) is 0 Å². The second-order valence-electron chi connectivity index (χ2n) is 4.78. The van der Waals surface area contributed by atoms with Gasteiger partial charge in [0, 0.05) is 29.5 Å². The fourth-order valence-electron chi connectivity index (χ4n) is 1.40. The van der Waals surface area contributed by atoms with Gasteiger partial charge in [0.1, 0.15) is 9.84 Å². The van der Waals surface area contributed by atoms with Crippen LogP contribution in [0.3, 0.4) is 0 Å². The summed E-state index contributed by atoms with van der Waals surface area (Å²) in [5.41, 5.74) is 1.13. The minimum absolute atomic E-state index is 0.171. The number of rotatable bonds is 7. The fraction of sp³-hybridized carbons (Fsp3) is 0.538. The zero-order valence-corrected chi connectivity index (χ0v) is 13.8. The summed E-state index contributed by atoms with van der Waals surface area (Å²) in [6.07, 6.45) is 1.25. The first-order valence-electron chi connectivity index (χ1n) is 6.10. The highest BCUT2D eigenvalue weighted by Gasteiger charge is 2.06. The van der Waals surface area contributed by atoms with E-state index in [0.29, 0.717) is 16.8 Å². The summed E-state index contributed by atoms with van der Waals surface area (Å²) in [7, 11) is -2.91. The first-order chi connectivity index (χ1) is 8.78. The van der Waals surface area contributed by atoms with E-state index < -0.39 is 9.84 Å². The third kappa shape index (κ3) is 7.20. The molecule has 0 bridgehead atoms. The van der Waals surface area contributed by atoms with Crippen molar-refractivity contribution in [3.8, 4) is 0 Å². The van der Waals surface area contributed by atoms with Gasteiger partial charge in [-0.2, -0.15) is 0 Å². The number of hydrogen-bond donors (Lipinski definition) is 1. The van der Waals surface area contributed by atoms with Crippen LogP contribution in [0.2, 0.25) is 5.02 Å². The van der Waals surface area contributed by atoms with Crippen molar-refractivity contribution >= 4 is 33.2 Å². The molecule has 1 aromatic rings.